The van der Waals surface area contributed by atoms with Crippen LogP contribution in [0.1, 0.15) is 39.0 Å². The summed E-state index contributed by atoms with van der Waals surface area (Å²) in [6.07, 6.45) is 9.00. The highest BCUT2D eigenvalue weighted by Gasteiger charge is 2.20. The van der Waals surface area contributed by atoms with E-state index in [2.05, 4.69) is 46.1 Å². The fourth-order valence-corrected chi connectivity index (χ4v) is 3.55. The van der Waals surface area contributed by atoms with Crippen LogP contribution in [0.4, 0.5) is 0 Å². The van der Waals surface area contributed by atoms with E-state index in [0.29, 0.717) is 6.04 Å². The van der Waals surface area contributed by atoms with Crippen molar-refractivity contribution >= 4 is 11.0 Å². The molecule has 1 aromatic carbocycles. The van der Waals surface area contributed by atoms with Gasteiger partial charge in [0.1, 0.15) is 0 Å². The van der Waals surface area contributed by atoms with Crippen molar-refractivity contribution in [3.63, 3.8) is 0 Å². The Balaban J connectivity index is 1.71. The topological polar surface area (TPSA) is 29.9 Å². The third-order valence-electron chi connectivity index (χ3n) is 4.53. The van der Waals surface area contributed by atoms with Crippen molar-refractivity contribution in [1.82, 2.24) is 14.9 Å². The second kappa shape index (κ2) is 6.40. The lowest BCUT2D eigenvalue weighted by Crippen LogP contribution is -2.34. The lowest BCUT2D eigenvalue weighted by atomic mass is 9.98. The molecule has 0 spiro atoms. The molecule has 1 aliphatic carbocycles. The lowest BCUT2D eigenvalue weighted by Gasteiger charge is -2.22. The molecule has 1 saturated carbocycles. The van der Waals surface area contributed by atoms with Gasteiger partial charge < -0.3 is 9.88 Å². The number of rotatable bonds is 6. The number of fused-ring (bicyclic) bond motifs is 1. The molecule has 1 N–H and O–H groups in total. The summed E-state index contributed by atoms with van der Waals surface area (Å²) in [5, 5.41) is 3.66. The van der Waals surface area contributed by atoms with Crippen LogP contribution in [-0.2, 0) is 6.54 Å². The minimum absolute atomic E-state index is 0.570. The van der Waals surface area contributed by atoms with Crippen LogP contribution in [0.5, 0.6) is 0 Å². The number of aromatic nitrogens is 2. The van der Waals surface area contributed by atoms with E-state index in [-0.39, 0.29) is 0 Å². The molecular formula is C17H25N3. The number of likely N-dealkylation sites (N-methyl/N-ethyl adjacent to an activating group) is 1. The Labute approximate surface area is 121 Å². The number of para-hydroxylation sites is 2. The van der Waals surface area contributed by atoms with Crippen LogP contribution in [-0.4, -0.2) is 22.1 Å². The van der Waals surface area contributed by atoms with Gasteiger partial charge in [-0.25, -0.2) is 4.98 Å². The predicted octanol–water partition coefficient (Wildman–Crippen LogP) is 3.59. The van der Waals surface area contributed by atoms with Gasteiger partial charge in [0, 0.05) is 12.6 Å². The monoisotopic (exact) mass is 271 g/mol. The number of hydrogen-bond donors (Lipinski definition) is 1. The molecule has 0 saturated heterocycles. The van der Waals surface area contributed by atoms with E-state index < -0.39 is 0 Å². The van der Waals surface area contributed by atoms with Gasteiger partial charge in [-0.2, -0.15) is 0 Å². The zero-order valence-electron chi connectivity index (χ0n) is 12.4. The molecule has 0 bridgehead atoms. The lowest BCUT2D eigenvalue weighted by molar-refractivity contribution is 0.361. The first kappa shape index (κ1) is 13.6. The van der Waals surface area contributed by atoms with Crippen LogP contribution < -0.4 is 5.32 Å². The largest absolute Gasteiger partial charge is 0.329 e. The highest BCUT2D eigenvalue weighted by Crippen LogP contribution is 2.29. The smallest absolute Gasteiger partial charge is 0.0958 e. The molecule has 1 heterocycles. The van der Waals surface area contributed by atoms with Crippen LogP contribution in [0.3, 0.4) is 0 Å². The number of nitrogens with zero attached hydrogens (tertiary/aromatic N) is 2. The molecule has 1 atom stereocenters. The summed E-state index contributed by atoms with van der Waals surface area (Å²) in [6.45, 7) is 4.28. The first-order valence-corrected chi connectivity index (χ1v) is 8.00. The molecule has 1 aromatic heterocycles. The van der Waals surface area contributed by atoms with Gasteiger partial charge in [-0.3, -0.25) is 0 Å². The molecule has 0 radical (unpaired) electrons. The van der Waals surface area contributed by atoms with E-state index in [1.165, 1.54) is 37.6 Å². The Morgan fingerprint density at radius 2 is 2.10 bits per heavy atom. The summed E-state index contributed by atoms with van der Waals surface area (Å²) in [6, 6.07) is 8.98. The maximum Gasteiger partial charge on any atom is 0.0958 e. The molecule has 2 aromatic rings. The first-order chi connectivity index (χ1) is 9.86. The molecule has 20 heavy (non-hydrogen) atoms. The van der Waals surface area contributed by atoms with Gasteiger partial charge in [0.2, 0.25) is 0 Å². The number of benzene rings is 1. The number of hydrogen-bond acceptors (Lipinski definition) is 2. The molecule has 3 nitrogen and oxygen atoms in total. The molecule has 0 amide bonds. The standard InChI is InChI=1S/C17H25N3/c1-2-18-15(11-14-7-3-4-8-14)12-20-13-19-16-9-5-6-10-17(16)20/h5-6,9-10,13-15,18H,2-4,7-8,11-12H2,1H3. The van der Waals surface area contributed by atoms with Crippen LogP contribution >= 0.6 is 0 Å². The molecular weight excluding hydrogens is 246 g/mol. The molecule has 3 heteroatoms. The van der Waals surface area contributed by atoms with Crippen molar-refractivity contribution < 1.29 is 0 Å². The molecule has 108 valence electrons. The quantitative estimate of drug-likeness (QED) is 0.870. The Kier molecular flexibility index (Phi) is 4.36. The number of nitrogens with one attached hydrogen (secondary N) is 1. The van der Waals surface area contributed by atoms with Crippen molar-refractivity contribution in [3.05, 3.63) is 30.6 Å². The predicted molar refractivity (Wildman–Crippen MR) is 83.8 cm³/mol. The fraction of sp³-hybridized carbons (Fsp3) is 0.588. The fourth-order valence-electron chi connectivity index (χ4n) is 3.55. The summed E-state index contributed by atoms with van der Waals surface area (Å²) < 4.78 is 2.30. The second-order valence-electron chi connectivity index (χ2n) is 6.03. The summed E-state index contributed by atoms with van der Waals surface area (Å²) in [5.41, 5.74) is 2.35. The maximum absolute atomic E-state index is 4.50. The van der Waals surface area contributed by atoms with Gasteiger partial charge in [0.15, 0.2) is 0 Å². The zero-order chi connectivity index (χ0) is 13.8. The van der Waals surface area contributed by atoms with Crippen LogP contribution in [0.25, 0.3) is 11.0 Å². The van der Waals surface area contributed by atoms with Crippen LogP contribution in [0.15, 0.2) is 30.6 Å². The van der Waals surface area contributed by atoms with Crippen molar-refractivity contribution in [1.29, 1.82) is 0 Å². The maximum atomic E-state index is 4.50. The number of imidazole rings is 1. The SMILES string of the molecule is CCNC(CC1CCCC1)Cn1cnc2ccccc21. The molecule has 3 rings (SSSR count). The summed E-state index contributed by atoms with van der Waals surface area (Å²) in [5.74, 6) is 0.925. The van der Waals surface area contributed by atoms with Gasteiger partial charge in [0.25, 0.3) is 0 Å². The van der Waals surface area contributed by atoms with Gasteiger partial charge in [0.05, 0.1) is 17.4 Å². The molecule has 1 unspecified atom stereocenters. The summed E-state index contributed by atoms with van der Waals surface area (Å²) in [4.78, 5) is 4.50. The molecule has 0 aliphatic heterocycles. The van der Waals surface area contributed by atoms with E-state index in [4.69, 9.17) is 0 Å². The summed E-state index contributed by atoms with van der Waals surface area (Å²) >= 11 is 0. The minimum Gasteiger partial charge on any atom is -0.329 e. The van der Waals surface area contributed by atoms with Crippen LogP contribution in [0.2, 0.25) is 0 Å². The van der Waals surface area contributed by atoms with Crippen LogP contribution in [0, 0.1) is 5.92 Å². The van der Waals surface area contributed by atoms with E-state index in [1.54, 1.807) is 0 Å². The normalized spacial score (nSPS) is 17.9. The van der Waals surface area contributed by atoms with E-state index in [9.17, 15) is 0 Å². The Bertz CT molecular complexity index is 540. The van der Waals surface area contributed by atoms with Gasteiger partial charge in [-0.1, -0.05) is 44.7 Å². The highest BCUT2D eigenvalue weighted by atomic mass is 15.1. The Hall–Kier alpha value is -1.35. The molecule has 1 aliphatic rings. The van der Waals surface area contributed by atoms with E-state index >= 15 is 0 Å². The van der Waals surface area contributed by atoms with Gasteiger partial charge in [-0.05, 0) is 31.0 Å². The molecule has 1 fully saturated rings. The minimum atomic E-state index is 0.570. The van der Waals surface area contributed by atoms with Gasteiger partial charge in [-0.15, -0.1) is 0 Å². The zero-order valence-corrected chi connectivity index (χ0v) is 12.4. The third-order valence-corrected chi connectivity index (χ3v) is 4.53. The van der Waals surface area contributed by atoms with Crippen molar-refractivity contribution in [2.45, 2.75) is 51.6 Å². The van der Waals surface area contributed by atoms with Crippen molar-refractivity contribution in [2.24, 2.45) is 5.92 Å². The van der Waals surface area contributed by atoms with E-state index in [1.807, 2.05) is 6.33 Å². The average molecular weight is 271 g/mol. The van der Waals surface area contributed by atoms with E-state index in [0.717, 1.165) is 24.5 Å². The Morgan fingerprint density at radius 1 is 1.30 bits per heavy atom. The first-order valence-electron chi connectivity index (χ1n) is 8.00. The van der Waals surface area contributed by atoms with Crippen molar-refractivity contribution in [2.75, 3.05) is 6.54 Å². The Morgan fingerprint density at radius 3 is 2.90 bits per heavy atom. The highest BCUT2D eigenvalue weighted by molar-refractivity contribution is 5.74. The average Bonchev–Trinajstić information content (AvgIpc) is 3.10. The summed E-state index contributed by atoms with van der Waals surface area (Å²) in [7, 11) is 0. The second-order valence-corrected chi connectivity index (χ2v) is 6.03. The van der Waals surface area contributed by atoms with Crippen molar-refractivity contribution in [3.8, 4) is 0 Å². The third kappa shape index (κ3) is 3.04. The van der Waals surface area contributed by atoms with Gasteiger partial charge >= 0.3 is 0 Å².